The van der Waals surface area contributed by atoms with Crippen LogP contribution in [0.5, 0.6) is 0 Å². The van der Waals surface area contributed by atoms with Crippen LogP contribution in [0.3, 0.4) is 0 Å². The van der Waals surface area contributed by atoms with E-state index in [0.29, 0.717) is 0 Å². The zero-order valence-corrected chi connectivity index (χ0v) is 12.4. The van der Waals surface area contributed by atoms with Crippen molar-refractivity contribution in [3.8, 4) is 0 Å². The van der Waals surface area contributed by atoms with Gasteiger partial charge in [-0.2, -0.15) is 0 Å². The molecule has 0 saturated heterocycles. The lowest BCUT2D eigenvalue weighted by Gasteiger charge is -2.06. The fourth-order valence-electron chi connectivity index (χ4n) is 1.82. The molecule has 0 N–H and O–H groups in total. The highest BCUT2D eigenvalue weighted by atomic mass is 16.7. The molecule has 0 aliphatic heterocycles. The van der Waals surface area contributed by atoms with Gasteiger partial charge >= 0.3 is 5.97 Å². The van der Waals surface area contributed by atoms with Crippen LogP contribution >= 0.6 is 0 Å². The summed E-state index contributed by atoms with van der Waals surface area (Å²) in [5.74, 6) is -0.180. The van der Waals surface area contributed by atoms with Crippen LogP contribution in [0.4, 0.5) is 0 Å². The molecule has 0 atom stereocenters. The van der Waals surface area contributed by atoms with Gasteiger partial charge in [0, 0.05) is 6.08 Å². The smallest absolute Gasteiger partial charge is 0.317 e. The maximum absolute atomic E-state index is 11.8. The fraction of sp³-hybridized carbons (Fsp3) is 0.105. The molecule has 2 aromatic carbocycles. The zero-order valence-electron chi connectivity index (χ0n) is 12.4. The Bertz CT molecular complexity index is 643. The molecule has 0 aliphatic rings. The minimum Gasteiger partial charge on any atom is -0.468 e. The van der Waals surface area contributed by atoms with E-state index in [1.807, 2.05) is 66.7 Å². The van der Waals surface area contributed by atoms with Crippen molar-refractivity contribution in [2.75, 3.05) is 7.11 Å². The SMILES string of the molecule is COC(=Cc1ccccc1)OC(=O)CC=Cc1ccccc1. The zero-order chi connectivity index (χ0) is 15.6. The van der Waals surface area contributed by atoms with E-state index in [-0.39, 0.29) is 18.3 Å². The van der Waals surface area contributed by atoms with E-state index in [0.717, 1.165) is 11.1 Å². The molecular formula is C19H18O3. The first-order valence-corrected chi connectivity index (χ1v) is 7.01. The summed E-state index contributed by atoms with van der Waals surface area (Å²) in [6.07, 6.45) is 5.52. The molecule has 0 bridgehead atoms. The number of carbonyl (C=O) groups excluding carboxylic acids is 1. The summed E-state index contributed by atoms with van der Waals surface area (Å²) in [4.78, 5) is 11.8. The molecule has 0 radical (unpaired) electrons. The number of esters is 1. The first-order valence-electron chi connectivity index (χ1n) is 7.01. The molecule has 2 rings (SSSR count). The summed E-state index contributed by atoms with van der Waals surface area (Å²) in [7, 11) is 1.47. The van der Waals surface area contributed by atoms with Gasteiger partial charge in [-0.15, -0.1) is 0 Å². The molecule has 0 heterocycles. The molecule has 2 aromatic rings. The summed E-state index contributed by atoms with van der Waals surface area (Å²) in [6, 6.07) is 19.3. The number of rotatable bonds is 6. The summed E-state index contributed by atoms with van der Waals surface area (Å²) in [6.45, 7) is 0. The highest BCUT2D eigenvalue weighted by Gasteiger charge is 2.05. The molecule has 3 heteroatoms. The Kier molecular flexibility index (Phi) is 6.00. The average Bonchev–Trinajstić information content (AvgIpc) is 2.56. The Morgan fingerprint density at radius 2 is 1.55 bits per heavy atom. The minimum absolute atomic E-state index is 0.185. The molecule has 0 spiro atoms. The van der Waals surface area contributed by atoms with Crippen LogP contribution in [-0.4, -0.2) is 13.1 Å². The van der Waals surface area contributed by atoms with Crippen molar-refractivity contribution < 1.29 is 14.3 Å². The minimum atomic E-state index is -0.365. The lowest BCUT2D eigenvalue weighted by atomic mass is 10.2. The molecule has 3 nitrogen and oxygen atoms in total. The van der Waals surface area contributed by atoms with Gasteiger partial charge in [-0.05, 0) is 11.1 Å². The highest BCUT2D eigenvalue weighted by molar-refractivity contribution is 5.74. The van der Waals surface area contributed by atoms with Crippen molar-refractivity contribution in [3.05, 3.63) is 83.8 Å². The van der Waals surface area contributed by atoms with Gasteiger partial charge in [-0.1, -0.05) is 72.8 Å². The van der Waals surface area contributed by atoms with Gasteiger partial charge in [0.2, 0.25) is 0 Å². The Labute approximate surface area is 130 Å². The first kappa shape index (κ1) is 15.6. The van der Waals surface area contributed by atoms with Crippen molar-refractivity contribution in [1.29, 1.82) is 0 Å². The van der Waals surface area contributed by atoms with Gasteiger partial charge in [-0.3, -0.25) is 4.79 Å². The fourth-order valence-corrected chi connectivity index (χ4v) is 1.82. The van der Waals surface area contributed by atoms with E-state index in [1.165, 1.54) is 7.11 Å². The van der Waals surface area contributed by atoms with Gasteiger partial charge in [-0.25, -0.2) is 0 Å². The van der Waals surface area contributed by atoms with E-state index in [4.69, 9.17) is 9.47 Å². The largest absolute Gasteiger partial charge is 0.468 e. The van der Waals surface area contributed by atoms with Crippen molar-refractivity contribution in [1.82, 2.24) is 0 Å². The maximum atomic E-state index is 11.8. The predicted molar refractivity (Wildman–Crippen MR) is 87.6 cm³/mol. The van der Waals surface area contributed by atoms with Crippen molar-refractivity contribution in [2.45, 2.75) is 6.42 Å². The normalized spacial score (nSPS) is 11.4. The Morgan fingerprint density at radius 1 is 0.955 bits per heavy atom. The molecule has 0 saturated carbocycles. The number of ether oxygens (including phenoxy) is 2. The third kappa shape index (κ3) is 5.29. The second-order valence-electron chi connectivity index (χ2n) is 4.57. The number of hydrogen-bond acceptors (Lipinski definition) is 3. The molecular weight excluding hydrogens is 276 g/mol. The van der Waals surface area contributed by atoms with Crippen molar-refractivity contribution >= 4 is 18.1 Å². The number of benzene rings is 2. The van der Waals surface area contributed by atoms with Gasteiger partial charge in [0.05, 0.1) is 13.5 Å². The maximum Gasteiger partial charge on any atom is 0.317 e. The predicted octanol–water partition coefficient (Wildman–Crippen LogP) is 4.28. The molecule has 0 unspecified atom stereocenters. The van der Waals surface area contributed by atoms with Crippen LogP contribution in [0.2, 0.25) is 0 Å². The van der Waals surface area contributed by atoms with Crippen molar-refractivity contribution in [2.24, 2.45) is 0 Å². The van der Waals surface area contributed by atoms with E-state index < -0.39 is 0 Å². The molecule has 0 amide bonds. The standard InChI is InChI=1S/C19H18O3/c1-21-19(15-17-11-6-3-7-12-17)22-18(20)14-8-13-16-9-4-2-5-10-16/h2-13,15H,14H2,1H3. The monoisotopic (exact) mass is 294 g/mol. The Hall–Kier alpha value is -2.81. The third-order valence-electron chi connectivity index (χ3n) is 2.89. The highest BCUT2D eigenvalue weighted by Crippen LogP contribution is 2.10. The van der Waals surface area contributed by atoms with E-state index >= 15 is 0 Å². The quantitative estimate of drug-likeness (QED) is 0.589. The summed E-state index contributed by atoms with van der Waals surface area (Å²) < 4.78 is 10.3. The van der Waals surface area contributed by atoms with E-state index in [9.17, 15) is 4.79 Å². The second kappa shape index (κ2) is 8.47. The van der Waals surface area contributed by atoms with Crippen LogP contribution in [0, 0.1) is 0 Å². The molecule has 0 aliphatic carbocycles. The van der Waals surface area contributed by atoms with Crippen LogP contribution in [0.25, 0.3) is 12.2 Å². The van der Waals surface area contributed by atoms with Gasteiger partial charge in [0.1, 0.15) is 0 Å². The van der Waals surface area contributed by atoms with Crippen LogP contribution < -0.4 is 0 Å². The summed E-state index contributed by atoms with van der Waals surface area (Å²) in [5.41, 5.74) is 1.95. The average molecular weight is 294 g/mol. The van der Waals surface area contributed by atoms with Crippen LogP contribution in [0.15, 0.2) is 72.7 Å². The Balaban J connectivity index is 1.90. The Morgan fingerprint density at radius 3 is 2.14 bits per heavy atom. The number of hydrogen-bond donors (Lipinski definition) is 0. The van der Waals surface area contributed by atoms with Gasteiger partial charge < -0.3 is 9.47 Å². The third-order valence-corrected chi connectivity index (χ3v) is 2.89. The van der Waals surface area contributed by atoms with Crippen LogP contribution in [0.1, 0.15) is 17.5 Å². The first-order chi connectivity index (χ1) is 10.8. The molecule has 112 valence electrons. The molecule has 0 aromatic heterocycles. The lowest BCUT2D eigenvalue weighted by molar-refractivity contribution is -0.142. The summed E-state index contributed by atoms with van der Waals surface area (Å²) >= 11 is 0. The molecule has 22 heavy (non-hydrogen) atoms. The van der Waals surface area contributed by atoms with Gasteiger partial charge in [0.25, 0.3) is 5.95 Å². The van der Waals surface area contributed by atoms with Gasteiger partial charge in [0.15, 0.2) is 0 Å². The topological polar surface area (TPSA) is 35.5 Å². The van der Waals surface area contributed by atoms with Crippen LogP contribution in [-0.2, 0) is 14.3 Å². The molecule has 0 fully saturated rings. The summed E-state index contributed by atoms with van der Waals surface area (Å²) in [5, 5.41) is 0. The lowest BCUT2D eigenvalue weighted by Crippen LogP contribution is -2.04. The van der Waals surface area contributed by atoms with E-state index in [2.05, 4.69) is 0 Å². The number of carbonyl (C=O) groups is 1. The number of methoxy groups -OCH3 is 1. The second-order valence-corrected chi connectivity index (χ2v) is 4.57. The van der Waals surface area contributed by atoms with E-state index in [1.54, 1.807) is 12.2 Å². The van der Waals surface area contributed by atoms with Crippen molar-refractivity contribution in [3.63, 3.8) is 0 Å².